The average Bonchev–Trinajstić information content (AvgIpc) is 2.36. The van der Waals surface area contributed by atoms with E-state index in [1.807, 2.05) is 11.8 Å². The van der Waals surface area contributed by atoms with Gasteiger partial charge in [0.1, 0.15) is 0 Å². The lowest BCUT2D eigenvalue weighted by Crippen LogP contribution is -2.00. The van der Waals surface area contributed by atoms with Gasteiger partial charge in [-0.3, -0.25) is 0 Å². The van der Waals surface area contributed by atoms with Crippen LogP contribution >= 0.6 is 11.8 Å². The van der Waals surface area contributed by atoms with Gasteiger partial charge in [-0.05, 0) is 35.2 Å². The van der Waals surface area contributed by atoms with Crippen LogP contribution in [0.4, 0.5) is 0 Å². The van der Waals surface area contributed by atoms with E-state index in [1.54, 1.807) is 0 Å². The van der Waals surface area contributed by atoms with Crippen LogP contribution in [-0.2, 0) is 0 Å². The minimum Gasteiger partial charge on any atom is -0.396 e. The average molecular weight is 246 g/mol. The summed E-state index contributed by atoms with van der Waals surface area (Å²) < 4.78 is 0. The van der Waals surface area contributed by atoms with Crippen LogP contribution in [0.2, 0.25) is 0 Å². The summed E-state index contributed by atoms with van der Waals surface area (Å²) in [5.74, 6) is 1.63. The number of benzene rings is 2. The topological polar surface area (TPSA) is 20.2 Å². The van der Waals surface area contributed by atoms with Crippen molar-refractivity contribution in [3.05, 3.63) is 42.5 Å². The molecule has 2 aromatic carbocycles. The molecule has 1 N–H and O–H groups in total. The Morgan fingerprint density at radius 3 is 2.65 bits per heavy atom. The SMILES string of the molecule is C[C@@H](CCO)CSc1ccc2ccccc2c1. The van der Waals surface area contributed by atoms with Crippen molar-refractivity contribution >= 4 is 22.5 Å². The summed E-state index contributed by atoms with van der Waals surface area (Å²) >= 11 is 1.87. The maximum Gasteiger partial charge on any atom is 0.0433 e. The van der Waals surface area contributed by atoms with Gasteiger partial charge < -0.3 is 5.11 Å². The number of hydrogen-bond donors (Lipinski definition) is 1. The summed E-state index contributed by atoms with van der Waals surface area (Å²) in [6.07, 6.45) is 0.889. The second-order valence-electron chi connectivity index (χ2n) is 4.44. The number of aliphatic hydroxyl groups is 1. The van der Waals surface area contributed by atoms with E-state index in [4.69, 9.17) is 5.11 Å². The highest BCUT2D eigenvalue weighted by atomic mass is 32.2. The normalized spacial score (nSPS) is 12.8. The molecule has 2 heteroatoms. The summed E-state index contributed by atoms with van der Waals surface area (Å²) in [7, 11) is 0. The predicted molar refractivity (Wildman–Crippen MR) is 75.5 cm³/mol. The zero-order chi connectivity index (χ0) is 12.1. The molecule has 1 nitrogen and oxygen atoms in total. The van der Waals surface area contributed by atoms with Crippen molar-refractivity contribution in [3.8, 4) is 0 Å². The van der Waals surface area contributed by atoms with Crippen LogP contribution in [0.1, 0.15) is 13.3 Å². The highest BCUT2D eigenvalue weighted by molar-refractivity contribution is 7.99. The Balaban J connectivity index is 2.04. The van der Waals surface area contributed by atoms with Gasteiger partial charge in [-0.1, -0.05) is 37.3 Å². The first kappa shape index (κ1) is 12.5. The van der Waals surface area contributed by atoms with Gasteiger partial charge >= 0.3 is 0 Å². The van der Waals surface area contributed by atoms with Gasteiger partial charge in [0.15, 0.2) is 0 Å². The molecule has 0 saturated carbocycles. The smallest absolute Gasteiger partial charge is 0.0433 e. The molecule has 0 bridgehead atoms. The second-order valence-corrected chi connectivity index (χ2v) is 5.53. The van der Waals surface area contributed by atoms with Gasteiger partial charge in [0, 0.05) is 17.3 Å². The van der Waals surface area contributed by atoms with Crippen molar-refractivity contribution in [2.75, 3.05) is 12.4 Å². The van der Waals surface area contributed by atoms with E-state index in [0.29, 0.717) is 12.5 Å². The quantitative estimate of drug-likeness (QED) is 0.806. The van der Waals surface area contributed by atoms with Crippen LogP contribution in [0.15, 0.2) is 47.4 Å². The lowest BCUT2D eigenvalue weighted by atomic mass is 10.1. The monoisotopic (exact) mass is 246 g/mol. The van der Waals surface area contributed by atoms with Crippen LogP contribution in [0, 0.1) is 5.92 Å². The Morgan fingerprint density at radius 1 is 1.12 bits per heavy atom. The highest BCUT2D eigenvalue weighted by Gasteiger charge is 2.03. The van der Waals surface area contributed by atoms with Gasteiger partial charge in [0.2, 0.25) is 0 Å². The third-order valence-corrected chi connectivity index (χ3v) is 4.20. The summed E-state index contributed by atoms with van der Waals surface area (Å²) in [6, 6.07) is 15.0. The number of rotatable bonds is 5. The van der Waals surface area contributed by atoms with Crippen LogP contribution in [-0.4, -0.2) is 17.5 Å². The predicted octanol–water partition coefficient (Wildman–Crippen LogP) is 3.95. The van der Waals surface area contributed by atoms with Crippen molar-refractivity contribution < 1.29 is 5.11 Å². The zero-order valence-corrected chi connectivity index (χ0v) is 10.9. The van der Waals surface area contributed by atoms with Gasteiger partial charge in [-0.2, -0.15) is 0 Å². The lowest BCUT2D eigenvalue weighted by molar-refractivity contribution is 0.269. The summed E-state index contributed by atoms with van der Waals surface area (Å²) in [4.78, 5) is 1.31. The van der Waals surface area contributed by atoms with Crippen molar-refractivity contribution in [1.82, 2.24) is 0 Å². The number of thioether (sulfide) groups is 1. The standard InChI is InChI=1S/C15H18OS/c1-12(8-9-16)11-17-15-7-6-13-4-2-3-5-14(13)10-15/h2-7,10,12,16H,8-9,11H2,1H3/t12-/m0/s1. The number of hydrogen-bond acceptors (Lipinski definition) is 2. The molecule has 2 rings (SSSR count). The molecule has 0 unspecified atom stereocenters. The highest BCUT2D eigenvalue weighted by Crippen LogP contribution is 2.25. The van der Waals surface area contributed by atoms with Crippen LogP contribution < -0.4 is 0 Å². The molecule has 0 amide bonds. The van der Waals surface area contributed by atoms with Crippen LogP contribution in [0.5, 0.6) is 0 Å². The van der Waals surface area contributed by atoms with Gasteiger partial charge in [0.05, 0.1) is 0 Å². The Bertz CT molecular complexity index is 481. The van der Waals surface area contributed by atoms with Crippen molar-refractivity contribution in [2.45, 2.75) is 18.2 Å². The Labute approximate surface area is 107 Å². The van der Waals surface area contributed by atoms with E-state index in [-0.39, 0.29) is 0 Å². The fourth-order valence-corrected chi connectivity index (χ4v) is 2.82. The first-order chi connectivity index (χ1) is 8.29. The van der Waals surface area contributed by atoms with E-state index in [2.05, 4.69) is 49.4 Å². The molecule has 0 aromatic heterocycles. The molecular formula is C15H18OS. The number of fused-ring (bicyclic) bond motifs is 1. The number of aliphatic hydroxyl groups excluding tert-OH is 1. The van der Waals surface area contributed by atoms with E-state index in [0.717, 1.165) is 12.2 Å². The van der Waals surface area contributed by atoms with Crippen LogP contribution in [0.25, 0.3) is 10.8 Å². The molecule has 0 aliphatic heterocycles. The minimum atomic E-state index is 0.291. The van der Waals surface area contributed by atoms with Crippen molar-refractivity contribution in [1.29, 1.82) is 0 Å². The molecule has 0 aliphatic carbocycles. The summed E-state index contributed by atoms with van der Waals surface area (Å²) in [5, 5.41) is 11.5. The van der Waals surface area contributed by atoms with Gasteiger partial charge in [-0.15, -0.1) is 11.8 Å². The Kier molecular flexibility index (Phi) is 4.46. The van der Waals surface area contributed by atoms with E-state index < -0.39 is 0 Å². The largest absolute Gasteiger partial charge is 0.396 e. The van der Waals surface area contributed by atoms with Crippen LogP contribution in [0.3, 0.4) is 0 Å². The molecule has 1 atom stereocenters. The fourth-order valence-electron chi connectivity index (χ4n) is 1.80. The third kappa shape index (κ3) is 3.48. The molecular weight excluding hydrogens is 228 g/mol. The van der Waals surface area contributed by atoms with Crippen molar-refractivity contribution in [2.24, 2.45) is 5.92 Å². The molecule has 2 aromatic rings. The molecule has 0 saturated heterocycles. The summed E-state index contributed by atoms with van der Waals surface area (Å²) in [5.41, 5.74) is 0. The molecule has 17 heavy (non-hydrogen) atoms. The molecule has 0 fully saturated rings. The minimum absolute atomic E-state index is 0.291. The molecule has 0 heterocycles. The van der Waals surface area contributed by atoms with E-state index in [9.17, 15) is 0 Å². The second kappa shape index (κ2) is 6.08. The van der Waals surface area contributed by atoms with E-state index in [1.165, 1.54) is 15.7 Å². The van der Waals surface area contributed by atoms with E-state index >= 15 is 0 Å². The first-order valence-corrected chi connectivity index (χ1v) is 7.00. The maximum atomic E-state index is 8.87. The lowest BCUT2D eigenvalue weighted by Gasteiger charge is -2.09. The fraction of sp³-hybridized carbons (Fsp3) is 0.333. The van der Waals surface area contributed by atoms with Gasteiger partial charge in [0.25, 0.3) is 0 Å². The summed E-state index contributed by atoms with van der Waals surface area (Å²) in [6.45, 7) is 2.48. The maximum absolute atomic E-state index is 8.87. The molecule has 0 aliphatic rings. The first-order valence-electron chi connectivity index (χ1n) is 6.02. The zero-order valence-electron chi connectivity index (χ0n) is 10.1. The Hall–Kier alpha value is -0.990. The molecule has 90 valence electrons. The van der Waals surface area contributed by atoms with Gasteiger partial charge in [-0.25, -0.2) is 0 Å². The Morgan fingerprint density at radius 2 is 1.88 bits per heavy atom. The third-order valence-electron chi connectivity index (χ3n) is 2.88. The molecule has 0 radical (unpaired) electrons. The van der Waals surface area contributed by atoms with Crippen molar-refractivity contribution in [3.63, 3.8) is 0 Å². The molecule has 0 spiro atoms.